The average Bonchev–Trinajstić information content (AvgIpc) is 2.04. The van der Waals surface area contributed by atoms with Crippen molar-refractivity contribution < 1.29 is 4.79 Å². The Bertz CT molecular complexity index is 237. The molecule has 1 saturated carbocycles. The molecule has 1 fully saturated rings. The molecule has 0 bridgehead atoms. The van der Waals surface area contributed by atoms with Crippen LogP contribution >= 0.6 is 0 Å². The Hall–Kier alpha value is -0.970. The normalized spacial score (nSPS) is 18.0. The quantitative estimate of drug-likeness (QED) is 0.656. The predicted octanol–water partition coefficient (Wildman–Crippen LogP) is 1.71. The van der Waals surface area contributed by atoms with Crippen LogP contribution in [-0.2, 0) is 4.79 Å². The standard InChI is InChI=1S/C11H17NO/c1-3-6-10(13)12-9-11(4-2)7-5-8-11/h4-5,7-9H2,1-2H3,(H,12,13). The number of hydrogen-bond acceptors (Lipinski definition) is 1. The summed E-state index contributed by atoms with van der Waals surface area (Å²) in [7, 11) is 0. The molecule has 1 rings (SSSR count). The molecule has 1 amide bonds. The lowest BCUT2D eigenvalue weighted by molar-refractivity contribution is -0.116. The van der Waals surface area contributed by atoms with Gasteiger partial charge in [-0.15, -0.1) is 0 Å². The summed E-state index contributed by atoms with van der Waals surface area (Å²) in [6, 6.07) is 0. The lowest BCUT2D eigenvalue weighted by Crippen LogP contribution is -2.41. The summed E-state index contributed by atoms with van der Waals surface area (Å²) in [5, 5.41) is 2.86. The van der Waals surface area contributed by atoms with Gasteiger partial charge in [0.1, 0.15) is 0 Å². The van der Waals surface area contributed by atoms with E-state index in [2.05, 4.69) is 24.1 Å². The Morgan fingerprint density at radius 3 is 2.62 bits per heavy atom. The molecule has 0 aromatic heterocycles. The molecule has 0 atom stereocenters. The van der Waals surface area contributed by atoms with Crippen LogP contribution in [0.1, 0.15) is 39.5 Å². The fourth-order valence-corrected chi connectivity index (χ4v) is 1.76. The van der Waals surface area contributed by atoms with E-state index in [4.69, 9.17) is 0 Å². The van der Waals surface area contributed by atoms with Crippen LogP contribution in [0.4, 0.5) is 0 Å². The topological polar surface area (TPSA) is 29.1 Å². The highest BCUT2D eigenvalue weighted by molar-refractivity contribution is 5.93. The van der Waals surface area contributed by atoms with Gasteiger partial charge in [-0.3, -0.25) is 4.79 Å². The van der Waals surface area contributed by atoms with Crippen LogP contribution in [-0.4, -0.2) is 12.5 Å². The van der Waals surface area contributed by atoms with Gasteiger partial charge < -0.3 is 5.32 Å². The van der Waals surface area contributed by atoms with E-state index in [0.29, 0.717) is 5.41 Å². The predicted molar refractivity (Wildman–Crippen MR) is 53.0 cm³/mol. The molecule has 0 aliphatic heterocycles. The number of nitrogens with one attached hydrogen (secondary N) is 1. The third-order valence-electron chi connectivity index (χ3n) is 3.03. The van der Waals surface area contributed by atoms with Crippen molar-refractivity contribution in [2.45, 2.75) is 39.5 Å². The van der Waals surface area contributed by atoms with Gasteiger partial charge in [0.05, 0.1) is 0 Å². The van der Waals surface area contributed by atoms with Crippen molar-refractivity contribution >= 4 is 5.91 Å². The first-order valence-electron chi connectivity index (χ1n) is 4.93. The molecule has 0 aromatic rings. The van der Waals surface area contributed by atoms with Crippen LogP contribution in [0, 0.1) is 17.3 Å². The first-order chi connectivity index (χ1) is 6.22. The van der Waals surface area contributed by atoms with E-state index in [1.807, 2.05) is 0 Å². The molecule has 13 heavy (non-hydrogen) atoms. The zero-order valence-corrected chi connectivity index (χ0v) is 8.44. The van der Waals surface area contributed by atoms with Gasteiger partial charge in [0, 0.05) is 6.54 Å². The first kappa shape index (κ1) is 10.1. The summed E-state index contributed by atoms with van der Waals surface area (Å²) in [4.78, 5) is 11.1. The summed E-state index contributed by atoms with van der Waals surface area (Å²) >= 11 is 0. The van der Waals surface area contributed by atoms with Crippen LogP contribution in [0.25, 0.3) is 0 Å². The number of carbonyl (C=O) groups excluding carboxylic acids is 1. The van der Waals surface area contributed by atoms with Gasteiger partial charge in [0.2, 0.25) is 0 Å². The van der Waals surface area contributed by atoms with Crippen molar-refractivity contribution in [3.05, 3.63) is 0 Å². The molecule has 72 valence electrons. The number of hydrogen-bond donors (Lipinski definition) is 1. The van der Waals surface area contributed by atoms with Gasteiger partial charge in [0.15, 0.2) is 0 Å². The minimum absolute atomic E-state index is 0.137. The number of rotatable bonds is 3. The van der Waals surface area contributed by atoms with Crippen LogP contribution in [0.3, 0.4) is 0 Å². The van der Waals surface area contributed by atoms with E-state index in [9.17, 15) is 4.79 Å². The SMILES string of the molecule is CC#CC(=O)NCC1(CC)CCC1. The van der Waals surface area contributed by atoms with Gasteiger partial charge in [-0.2, -0.15) is 0 Å². The first-order valence-corrected chi connectivity index (χ1v) is 4.93. The second-order valence-corrected chi connectivity index (χ2v) is 3.76. The van der Waals surface area contributed by atoms with Gasteiger partial charge >= 0.3 is 0 Å². The summed E-state index contributed by atoms with van der Waals surface area (Å²) in [5.41, 5.74) is 0.394. The van der Waals surface area contributed by atoms with Crippen molar-refractivity contribution in [1.29, 1.82) is 0 Å². The molecular weight excluding hydrogens is 162 g/mol. The van der Waals surface area contributed by atoms with Gasteiger partial charge in [-0.05, 0) is 37.5 Å². The largest absolute Gasteiger partial charge is 0.345 e. The molecule has 0 aromatic carbocycles. The summed E-state index contributed by atoms with van der Waals surface area (Å²) < 4.78 is 0. The lowest BCUT2D eigenvalue weighted by atomic mass is 9.67. The maximum atomic E-state index is 11.1. The summed E-state index contributed by atoms with van der Waals surface area (Å²) in [6.45, 7) is 4.67. The van der Waals surface area contributed by atoms with E-state index in [0.717, 1.165) is 13.0 Å². The minimum atomic E-state index is -0.137. The fraction of sp³-hybridized carbons (Fsp3) is 0.727. The summed E-state index contributed by atoms with van der Waals surface area (Å²) in [5.74, 6) is 4.95. The number of carbonyl (C=O) groups is 1. The zero-order valence-electron chi connectivity index (χ0n) is 8.44. The van der Waals surface area contributed by atoms with Crippen LogP contribution in [0.2, 0.25) is 0 Å². The second-order valence-electron chi connectivity index (χ2n) is 3.76. The highest BCUT2D eigenvalue weighted by Gasteiger charge is 2.34. The van der Waals surface area contributed by atoms with E-state index in [-0.39, 0.29) is 5.91 Å². The molecular formula is C11H17NO. The van der Waals surface area contributed by atoms with Gasteiger partial charge in [0.25, 0.3) is 5.91 Å². The minimum Gasteiger partial charge on any atom is -0.345 e. The smallest absolute Gasteiger partial charge is 0.295 e. The highest BCUT2D eigenvalue weighted by atomic mass is 16.1. The fourth-order valence-electron chi connectivity index (χ4n) is 1.76. The Morgan fingerprint density at radius 2 is 2.23 bits per heavy atom. The molecule has 0 unspecified atom stereocenters. The Balaban J connectivity index is 2.31. The van der Waals surface area contributed by atoms with Crippen molar-refractivity contribution in [1.82, 2.24) is 5.32 Å². The van der Waals surface area contributed by atoms with Crippen LogP contribution < -0.4 is 5.32 Å². The maximum Gasteiger partial charge on any atom is 0.295 e. The Labute approximate surface area is 80.1 Å². The lowest BCUT2D eigenvalue weighted by Gasteiger charge is -2.41. The molecule has 1 aliphatic rings. The van der Waals surface area contributed by atoms with Gasteiger partial charge in [-0.25, -0.2) is 0 Å². The number of amides is 1. The van der Waals surface area contributed by atoms with Crippen molar-refractivity contribution in [3.8, 4) is 11.8 Å². The van der Waals surface area contributed by atoms with Crippen LogP contribution in [0.15, 0.2) is 0 Å². The zero-order chi connectivity index (χ0) is 9.73. The second kappa shape index (κ2) is 4.32. The Morgan fingerprint density at radius 1 is 1.54 bits per heavy atom. The van der Waals surface area contributed by atoms with Gasteiger partial charge in [-0.1, -0.05) is 19.3 Å². The average molecular weight is 179 g/mol. The summed E-state index contributed by atoms with van der Waals surface area (Å²) in [6.07, 6.45) is 4.97. The third kappa shape index (κ3) is 2.48. The van der Waals surface area contributed by atoms with E-state index >= 15 is 0 Å². The maximum absolute atomic E-state index is 11.1. The molecule has 2 heteroatoms. The molecule has 1 aliphatic carbocycles. The van der Waals surface area contributed by atoms with E-state index in [1.165, 1.54) is 19.3 Å². The molecule has 2 nitrogen and oxygen atoms in total. The molecule has 0 saturated heterocycles. The molecule has 1 N–H and O–H groups in total. The van der Waals surface area contributed by atoms with Crippen LogP contribution in [0.5, 0.6) is 0 Å². The molecule has 0 radical (unpaired) electrons. The molecule has 0 spiro atoms. The van der Waals surface area contributed by atoms with Crippen molar-refractivity contribution in [2.75, 3.05) is 6.54 Å². The third-order valence-corrected chi connectivity index (χ3v) is 3.03. The molecule has 0 heterocycles. The van der Waals surface area contributed by atoms with E-state index < -0.39 is 0 Å². The Kier molecular flexibility index (Phi) is 3.36. The van der Waals surface area contributed by atoms with Crippen molar-refractivity contribution in [2.24, 2.45) is 5.41 Å². The monoisotopic (exact) mass is 179 g/mol. The van der Waals surface area contributed by atoms with Crippen molar-refractivity contribution in [3.63, 3.8) is 0 Å². The highest BCUT2D eigenvalue weighted by Crippen LogP contribution is 2.42. The van der Waals surface area contributed by atoms with E-state index in [1.54, 1.807) is 6.92 Å².